The molecule has 9 heteroatoms. The lowest BCUT2D eigenvalue weighted by atomic mass is 9.77. The summed E-state index contributed by atoms with van der Waals surface area (Å²) in [5.74, 6) is 1.35. The van der Waals surface area contributed by atoms with Crippen LogP contribution >= 0.6 is 0 Å². The highest BCUT2D eigenvalue weighted by Crippen LogP contribution is 2.40. The predicted molar refractivity (Wildman–Crippen MR) is 117 cm³/mol. The number of anilines is 1. The van der Waals surface area contributed by atoms with Gasteiger partial charge in [-0.25, -0.2) is 0 Å². The van der Waals surface area contributed by atoms with Gasteiger partial charge in [0.1, 0.15) is 5.75 Å². The maximum Gasteiger partial charge on any atom is 0.290 e. The minimum Gasteiger partial charge on any atom is -0.483 e. The first-order valence-electron chi connectivity index (χ1n) is 11.3. The summed E-state index contributed by atoms with van der Waals surface area (Å²) in [6.07, 6.45) is 3.92. The Labute approximate surface area is 187 Å². The lowest BCUT2D eigenvalue weighted by Gasteiger charge is -2.40. The number of carbonyl (C=O) groups is 3. The lowest BCUT2D eigenvalue weighted by Crippen LogP contribution is -2.48. The Bertz CT molecular complexity index is 871. The average molecular weight is 446 g/mol. The third-order valence-electron chi connectivity index (χ3n) is 7.30. The fourth-order valence-electron chi connectivity index (χ4n) is 5.63. The Kier molecular flexibility index (Phi) is 6.66. The van der Waals surface area contributed by atoms with Crippen molar-refractivity contribution in [3.8, 4) is 5.75 Å². The minimum atomic E-state index is -0.287. The monoisotopic (exact) mass is 445 g/mol. The summed E-state index contributed by atoms with van der Waals surface area (Å²) in [7, 11) is 1.71. The molecule has 2 N–H and O–H groups in total. The molecular weight excluding hydrogens is 414 g/mol. The van der Waals surface area contributed by atoms with Crippen molar-refractivity contribution < 1.29 is 29.3 Å². The second-order valence-corrected chi connectivity index (χ2v) is 9.11. The minimum absolute atomic E-state index is 0.000773. The molecule has 2 saturated heterocycles. The van der Waals surface area contributed by atoms with E-state index < -0.39 is 0 Å². The second-order valence-electron chi connectivity index (χ2n) is 9.11. The number of hydrogen-bond donors (Lipinski definition) is 2. The van der Waals surface area contributed by atoms with Crippen molar-refractivity contribution in [2.75, 3.05) is 44.7 Å². The number of fused-ring (bicyclic) bond motifs is 2. The maximum absolute atomic E-state index is 13.2. The van der Waals surface area contributed by atoms with Crippen molar-refractivity contribution >= 4 is 24.0 Å². The molecule has 174 valence electrons. The van der Waals surface area contributed by atoms with Gasteiger partial charge in [0, 0.05) is 31.7 Å². The SMILES string of the molecule is CN1C(=O)COc2ccc(C(=O)N3C[C@H]4C[C@@H](N5CCCC5)[C@H](O)C[C@H]4C3)cc21.O=CO. The first-order valence-corrected chi connectivity index (χ1v) is 11.3. The highest BCUT2D eigenvalue weighted by molar-refractivity contribution is 6.01. The molecule has 3 aliphatic heterocycles. The fraction of sp³-hybridized carbons (Fsp3) is 0.609. The van der Waals surface area contributed by atoms with Crippen LogP contribution in [-0.4, -0.2) is 90.3 Å². The first-order chi connectivity index (χ1) is 15.4. The Morgan fingerprint density at radius 3 is 2.50 bits per heavy atom. The molecule has 0 bridgehead atoms. The van der Waals surface area contributed by atoms with Crippen molar-refractivity contribution in [3.63, 3.8) is 0 Å². The van der Waals surface area contributed by atoms with Crippen LogP contribution in [0.15, 0.2) is 18.2 Å². The number of likely N-dealkylation sites (N-methyl/N-ethyl adjacent to an activating group) is 1. The Balaban J connectivity index is 0.000000775. The van der Waals surface area contributed by atoms with Gasteiger partial charge in [-0.2, -0.15) is 0 Å². The third kappa shape index (κ3) is 4.31. The standard InChI is InChI=1S/C22H29N3O4.CH2O2/c1-23-18-8-14(4-5-20(18)29-13-21(23)27)22(28)25-11-15-9-17(24-6-2-3-7-24)19(26)10-16(15)12-25;2-1-3/h4-5,8,15-17,19,26H,2-3,6-7,9-13H2,1H3;1H,(H,2,3)/t15-,16+,17-,19-;/m1./s1. The maximum atomic E-state index is 13.2. The zero-order chi connectivity index (χ0) is 22.8. The van der Waals surface area contributed by atoms with Crippen LogP contribution < -0.4 is 9.64 Å². The largest absolute Gasteiger partial charge is 0.483 e. The fourth-order valence-corrected chi connectivity index (χ4v) is 5.63. The van der Waals surface area contributed by atoms with Gasteiger partial charge in [0.15, 0.2) is 6.61 Å². The van der Waals surface area contributed by atoms with Gasteiger partial charge in [-0.3, -0.25) is 19.3 Å². The van der Waals surface area contributed by atoms with Gasteiger partial charge in [-0.1, -0.05) is 0 Å². The number of carbonyl (C=O) groups excluding carboxylic acids is 2. The summed E-state index contributed by atoms with van der Waals surface area (Å²) in [6.45, 7) is 3.42. The number of hydrogen-bond acceptors (Lipinski definition) is 6. The van der Waals surface area contributed by atoms with E-state index in [0.29, 0.717) is 35.4 Å². The van der Waals surface area contributed by atoms with E-state index in [1.807, 2.05) is 4.90 Å². The van der Waals surface area contributed by atoms with E-state index in [9.17, 15) is 14.7 Å². The molecular formula is C23H31N3O6. The molecule has 0 aromatic heterocycles. The smallest absolute Gasteiger partial charge is 0.290 e. The zero-order valence-electron chi connectivity index (χ0n) is 18.4. The zero-order valence-corrected chi connectivity index (χ0v) is 18.4. The molecule has 2 amide bonds. The van der Waals surface area contributed by atoms with E-state index in [1.54, 1.807) is 30.1 Å². The molecule has 0 radical (unpaired) electrons. The highest BCUT2D eigenvalue weighted by atomic mass is 16.5. The quantitative estimate of drug-likeness (QED) is 0.655. The highest BCUT2D eigenvalue weighted by Gasteiger charge is 2.45. The summed E-state index contributed by atoms with van der Waals surface area (Å²) in [4.78, 5) is 39.4. The molecule has 3 fully saturated rings. The van der Waals surface area contributed by atoms with Gasteiger partial charge in [0.25, 0.3) is 18.3 Å². The molecule has 9 nitrogen and oxygen atoms in total. The summed E-state index contributed by atoms with van der Waals surface area (Å²) < 4.78 is 5.47. The van der Waals surface area contributed by atoms with Gasteiger partial charge >= 0.3 is 0 Å². The van der Waals surface area contributed by atoms with Gasteiger partial charge in [-0.05, 0) is 68.8 Å². The number of amides is 2. The van der Waals surface area contributed by atoms with Gasteiger partial charge in [0.05, 0.1) is 11.8 Å². The number of aliphatic hydroxyl groups excluding tert-OH is 1. The molecule has 1 aromatic carbocycles. The van der Waals surface area contributed by atoms with Crippen LogP contribution in [0.3, 0.4) is 0 Å². The van der Waals surface area contributed by atoms with E-state index in [0.717, 1.165) is 32.5 Å². The Morgan fingerprint density at radius 2 is 1.81 bits per heavy atom. The van der Waals surface area contributed by atoms with E-state index in [-0.39, 0.29) is 37.0 Å². The molecule has 1 aromatic rings. The van der Waals surface area contributed by atoms with Gasteiger partial charge in [0.2, 0.25) is 0 Å². The summed E-state index contributed by atoms with van der Waals surface area (Å²) in [5.41, 5.74) is 1.23. The Morgan fingerprint density at radius 1 is 1.16 bits per heavy atom. The molecule has 3 heterocycles. The normalized spacial score (nSPS) is 29.5. The van der Waals surface area contributed by atoms with Gasteiger partial charge < -0.3 is 24.7 Å². The van der Waals surface area contributed by atoms with Gasteiger partial charge in [-0.15, -0.1) is 0 Å². The van der Waals surface area contributed by atoms with Crippen LogP contribution in [0, 0.1) is 11.8 Å². The van der Waals surface area contributed by atoms with Crippen LogP contribution in [0.1, 0.15) is 36.0 Å². The summed E-state index contributed by atoms with van der Waals surface area (Å²) in [5, 5.41) is 17.6. The van der Waals surface area contributed by atoms with E-state index in [4.69, 9.17) is 14.6 Å². The molecule has 0 unspecified atom stereocenters. The van der Waals surface area contributed by atoms with E-state index >= 15 is 0 Å². The van der Waals surface area contributed by atoms with Crippen LogP contribution in [0.4, 0.5) is 5.69 Å². The Hall–Kier alpha value is -2.65. The van der Waals surface area contributed by atoms with Crippen molar-refractivity contribution in [3.05, 3.63) is 23.8 Å². The van der Waals surface area contributed by atoms with Crippen LogP contribution in [-0.2, 0) is 9.59 Å². The molecule has 1 aliphatic carbocycles. The molecule has 1 saturated carbocycles. The number of carboxylic acid groups (broad SMARTS) is 1. The first kappa shape index (κ1) is 22.5. The molecule has 4 atom stereocenters. The van der Waals surface area contributed by atoms with Crippen molar-refractivity contribution in [1.82, 2.24) is 9.80 Å². The number of benzene rings is 1. The molecule has 0 spiro atoms. The van der Waals surface area contributed by atoms with Crippen molar-refractivity contribution in [2.24, 2.45) is 11.8 Å². The van der Waals surface area contributed by atoms with Crippen LogP contribution in [0.2, 0.25) is 0 Å². The topological polar surface area (TPSA) is 111 Å². The van der Waals surface area contributed by atoms with E-state index in [1.165, 1.54) is 12.8 Å². The van der Waals surface area contributed by atoms with Crippen LogP contribution in [0.5, 0.6) is 5.75 Å². The molecule has 4 aliphatic rings. The molecule has 5 rings (SSSR count). The number of aliphatic hydroxyl groups is 1. The number of ether oxygens (including phenoxy) is 1. The van der Waals surface area contributed by atoms with Crippen LogP contribution in [0.25, 0.3) is 0 Å². The summed E-state index contributed by atoms with van der Waals surface area (Å²) in [6, 6.07) is 5.57. The number of rotatable bonds is 2. The summed E-state index contributed by atoms with van der Waals surface area (Å²) >= 11 is 0. The van der Waals surface area contributed by atoms with Crippen molar-refractivity contribution in [2.45, 2.75) is 37.8 Å². The lowest BCUT2D eigenvalue weighted by molar-refractivity contribution is -0.123. The number of likely N-dealkylation sites (tertiary alicyclic amines) is 2. The van der Waals surface area contributed by atoms with Crippen molar-refractivity contribution in [1.29, 1.82) is 0 Å². The third-order valence-corrected chi connectivity index (χ3v) is 7.30. The number of nitrogens with zero attached hydrogens (tertiary/aromatic N) is 3. The average Bonchev–Trinajstić information content (AvgIpc) is 3.45. The second kappa shape index (κ2) is 9.46. The molecule has 32 heavy (non-hydrogen) atoms. The van der Waals surface area contributed by atoms with E-state index in [2.05, 4.69) is 4.90 Å². The predicted octanol–water partition coefficient (Wildman–Crippen LogP) is 1.05.